The van der Waals surface area contributed by atoms with Gasteiger partial charge in [-0.25, -0.2) is 0 Å². The first-order valence-corrected chi connectivity index (χ1v) is 11.8. The van der Waals surface area contributed by atoms with Crippen molar-refractivity contribution in [1.29, 1.82) is 0 Å². The summed E-state index contributed by atoms with van der Waals surface area (Å²) >= 11 is 0. The molecule has 8 aliphatic rings. The topological polar surface area (TPSA) is 102 Å². The Morgan fingerprint density at radius 2 is 0.829 bits per heavy atom. The third kappa shape index (κ3) is 1.79. The second-order valence-electron chi connectivity index (χ2n) is 11.7. The summed E-state index contributed by atoms with van der Waals surface area (Å²) in [6, 6.07) is 0. The Hall–Kier alpha value is -2.18. The zero-order valence-corrected chi connectivity index (χ0v) is 17.7. The first-order chi connectivity index (χ1) is 16.3. The predicted molar refractivity (Wildman–Crippen MR) is 96.1 cm³/mol. The molecule has 4 aliphatic heterocycles. The van der Waals surface area contributed by atoms with Crippen molar-refractivity contribution in [2.45, 2.75) is 36.4 Å². The summed E-state index contributed by atoms with van der Waals surface area (Å²) < 4.78 is 96.2. The van der Waals surface area contributed by atoms with E-state index >= 15 is 26.3 Å². The molecule has 6 bridgehead atoms. The van der Waals surface area contributed by atoms with E-state index in [4.69, 9.17) is 4.74 Å². The van der Waals surface area contributed by atoms with Crippen molar-refractivity contribution in [2.75, 3.05) is 0 Å². The Morgan fingerprint density at radius 1 is 0.571 bits per heavy atom. The minimum atomic E-state index is -5.21. The molecule has 188 valence electrons. The number of amides is 4. The maximum absolute atomic E-state index is 15.1. The lowest BCUT2D eigenvalue weighted by Crippen LogP contribution is -2.66. The molecule has 0 aromatic carbocycles. The van der Waals surface area contributed by atoms with Crippen LogP contribution in [-0.2, 0) is 23.9 Å². The van der Waals surface area contributed by atoms with Crippen LogP contribution < -0.4 is 10.6 Å². The number of nitrogens with one attached hydrogen (secondary N) is 2. The SMILES string of the molecule is O=C1NC(=O)C2C3CC(C12)C1C3C2(C(F)(F)F)OC1(C(F)(F)F)C1C3CC(C4C(=O)NC(=O)C34)C12. The number of alkyl halides is 6. The van der Waals surface area contributed by atoms with E-state index in [0.29, 0.717) is 0 Å². The molecule has 12 unspecified atom stereocenters. The predicted octanol–water partition coefficient (Wildman–Crippen LogP) is 1.17. The number of carbonyl (C=O) groups is 4. The standard InChI is InChI=1S/C22H18F6N2O5/c23-21(24,25)19-11-3-1-4(8-7(3)15(31)29-16(8)32)12(11)20(35-19,22(26,27)28)14-6-2-5(13(14)19)9-10(6)18(34)30-17(9)33/h3-14H,1-2H2,(H,29,31,32)(H,30,33,34). The molecule has 4 heterocycles. The van der Waals surface area contributed by atoms with Crippen LogP contribution >= 0.6 is 0 Å². The summed E-state index contributed by atoms with van der Waals surface area (Å²) in [5.74, 6) is -18.3. The van der Waals surface area contributed by atoms with Gasteiger partial charge in [-0.1, -0.05) is 0 Å². The molecular weight excluding hydrogens is 486 g/mol. The monoisotopic (exact) mass is 504 g/mol. The van der Waals surface area contributed by atoms with Crippen LogP contribution in [0.1, 0.15) is 12.8 Å². The fourth-order valence-corrected chi connectivity index (χ4v) is 11.0. The molecule has 0 radical (unpaired) electrons. The normalized spacial score (nSPS) is 58.6. The number of rotatable bonds is 0. The largest absolute Gasteiger partial charge is 0.418 e. The number of hydrogen-bond donors (Lipinski definition) is 2. The van der Waals surface area contributed by atoms with Gasteiger partial charge in [0, 0.05) is 23.7 Å². The molecule has 13 heteroatoms. The minimum Gasteiger partial charge on any atom is -0.348 e. The van der Waals surface area contributed by atoms with E-state index in [1.165, 1.54) is 0 Å². The first-order valence-electron chi connectivity index (χ1n) is 11.8. The van der Waals surface area contributed by atoms with Crippen molar-refractivity contribution in [3.8, 4) is 0 Å². The van der Waals surface area contributed by atoms with Crippen LogP contribution in [0.25, 0.3) is 0 Å². The average Bonchev–Trinajstić information content (AvgIpc) is 3.53. The summed E-state index contributed by atoms with van der Waals surface area (Å²) in [5, 5.41) is 4.21. The van der Waals surface area contributed by atoms with Crippen molar-refractivity contribution < 1.29 is 50.3 Å². The average molecular weight is 504 g/mol. The number of hydrogen-bond acceptors (Lipinski definition) is 5. The van der Waals surface area contributed by atoms with E-state index < -0.39 is 118 Å². The van der Waals surface area contributed by atoms with Gasteiger partial charge in [-0.2, -0.15) is 26.3 Å². The fourth-order valence-electron chi connectivity index (χ4n) is 11.0. The maximum Gasteiger partial charge on any atom is 0.418 e. The first kappa shape index (κ1) is 21.0. The quantitative estimate of drug-likeness (QED) is 0.381. The molecule has 35 heavy (non-hydrogen) atoms. The van der Waals surface area contributed by atoms with Gasteiger partial charge in [-0.3, -0.25) is 29.8 Å². The Kier molecular flexibility index (Phi) is 3.23. The van der Waals surface area contributed by atoms with Crippen molar-refractivity contribution in [2.24, 2.45) is 71.0 Å². The van der Waals surface area contributed by atoms with Crippen LogP contribution in [0.3, 0.4) is 0 Å². The minimum absolute atomic E-state index is 0.0795. The van der Waals surface area contributed by atoms with Gasteiger partial charge in [0.05, 0.1) is 23.7 Å². The molecule has 4 saturated carbocycles. The highest BCUT2D eigenvalue weighted by molar-refractivity contribution is 6.07. The van der Waals surface area contributed by atoms with Crippen molar-refractivity contribution in [3.63, 3.8) is 0 Å². The molecule has 7 nitrogen and oxygen atoms in total. The molecule has 4 amide bonds. The molecule has 8 fully saturated rings. The van der Waals surface area contributed by atoms with Crippen LogP contribution in [0.5, 0.6) is 0 Å². The van der Waals surface area contributed by atoms with E-state index in [1.54, 1.807) is 0 Å². The van der Waals surface area contributed by atoms with Gasteiger partial charge in [0.1, 0.15) is 0 Å². The molecule has 4 saturated heterocycles. The van der Waals surface area contributed by atoms with Crippen molar-refractivity contribution in [3.05, 3.63) is 0 Å². The van der Waals surface area contributed by atoms with Gasteiger partial charge in [-0.05, 0) is 36.5 Å². The lowest BCUT2D eigenvalue weighted by Gasteiger charge is -2.53. The van der Waals surface area contributed by atoms with Gasteiger partial charge in [-0.15, -0.1) is 0 Å². The van der Waals surface area contributed by atoms with Crippen LogP contribution in [0.2, 0.25) is 0 Å². The Labute approximate surface area is 192 Å². The van der Waals surface area contributed by atoms with Crippen LogP contribution in [0, 0.1) is 71.0 Å². The van der Waals surface area contributed by atoms with E-state index in [2.05, 4.69) is 10.6 Å². The molecule has 0 aromatic rings. The van der Waals surface area contributed by atoms with E-state index in [9.17, 15) is 19.2 Å². The van der Waals surface area contributed by atoms with Crippen LogP contribution in [0.4, 0.5) is 26.3 Å². The smallest absolute Gasteiger partial charge is 0.348 e. The molecule has 4 aliphatic carbocycles. The number of ether oxygens (including phenoxy) is 1. The third-order valence-corrected chi connectivity index (χ3v) is 11.2. The zero-order chi connectivity index (χ0) is 24.8. The molecule has 0 aromatic heterocycles. The third-order valence-electron chi connectivity index (χ3n) is 11.2. The van der Waals surface area contributed by atoms with Gasteiger partial charge in [0.2, 0.25) is 23.6 Å². The Morgan fingerprint density at radius 3 is 1.06 bits per heavy atom. The zero-order valence-electron chi connectivity index (χ0n) is 17.7. The Bertz CT molecular complexity index is 1010. The van der Waals surface area contributed by atoms with E-state index in [0.717, 1.165) is 0 Å². The second-order valence-corrected chi connectivity index (χ2v) is 11.7. The summed E-state index contributed by atoms with van der Waals surface area (Å²) in [5.41, 5.74) is -6.38. The summed E-state index contributed by atoms with van der Waals surface area (Å²) in [7, 11) is 0. The summed E-state index contributed by atoms with van der Waals surface area (Å²) in [4.78, 5) is 50.0. The van der Waals surface area contributed by atoms with E-state index in [-0.39, 0.29) is 12.8 Å². The van der Waals surface area contributed by atoms with Gasteiger partial charge in [0.25, 0.3) is 0 Å². The highest BCUT2D eigenvalue weighted by Crippen LogP contribution is 2.86. The fraction of sp³-hybridized carbons (Fsp3) is 0.818. The lowest BCUT2D eigenvalue weighted by atomic mass is 9.46. The van der Waals surface area contributed by atoms with Crippen molar-refractivity contribution in [1.82, 2.24) is 10.6 Å². The highest BCUT2D eigenvalue weighted by atomic mass is 19.4. The molecule has 8 rings (SSSR count). The number of fused-ring (bicyclic) bond motifs is 22. The highest BCUT2D eigenvalue weighted by Gasteiger charge is 2.97. The number of halogens is 6. The number of imide groups is 2. The lowest BCUT2D eigenvalue weighted by molar-refractivity contribution is -0.329. The molecule has 0 spiro atoms. The van der Waals surface area contributed by atoms with Gasteiger partial charge < -0.3 is 4.74 Å². The summed E-state index contributed by atoms with van der Waals surface area (Å²) in [6.07, 6.45) is -10.6. The summed E-state index contributed by atoms with van der Waals surface area (Å²) in [6.45, 7) is 0. The van der Waals surface area contributed by atoms with Crippen molar-refractivity contribution >= 4 is 23.6 Å². The second kappa shape index (κ2) is 5.40. The molecular formula is C22H18F6N2O5. The van der Waals surface area contributed by atoms with Gasteiger partial charge >= 0.3 is 12.4 Å². The molecule has 12 atom stereocenters. The van der Waals surface area contributed by atoms with Crippen LogP contribution in [-0.4, -0.2) is 47.2 Å². The number of carbonyl (C=O) groups excluding carboxylic acids is 4. The van der Waals surface area contributed by atoms with E-state index in [1.807, 2.05) is 0 Å². The Balaban J connectivity index is 1.39. The van der Waals surface area contributed by atoms with Crippen LogP contribution in [0.15, 0.2) is 0 Å². The molecule has 2 N–H and O–H groups in total. The van der Waals surface area contributed by atoms with Gasteiger partial charge in [0.15, 0.2) is 11.2 Å². The maximum atomic E-state index is 15.1.